The van der Waals surface area contributed by atoms with Crippen molar-refractivity contribution in [2.45, 2.75) is 0 Å². The Kier molecular flexibility index (Phi) is 8.35. The number of carbonyl (C=O) groups excluding carboxylic acids is 1. The average molecular weight is 482 g/mol. The van der Waals surface area contributed by atoms with Crippen LogP contribution in [0.4, 0.5) is 5.69 Å². The van der Waals surface area contributed by atoms with E-state index in [1.165, 1.54) is 24.5 Å². The molecule has 0 radical (unpaired) electrons. The zero-order chi connectivity index (χ0) is 23.6. The summed E-state index contributed by atoms with van der Waals surface area (Å²) in [5, 5.41) is 11.4. The van der Waals surface area contributed by atoms with Crippen molar-refractivity contribution in [1.29, 1.82) is 0 Å². The predicted molar refractivity (Wildman–Crippen MR) is 126 cm³/mol. The van der Waals surface area contributed by atoms with Crippen LogP contribution in [0.2, 0.25) is 10.3 Å². The van der Waals surface area contributed by atoms with Gasteiger partial charge in [-0.05, 0) is 60.7 Å². The van der Waals surface area contributed by atoms with Crippen LogP contribution in [0, 0.1) is 0 Å². The summed E-state index contributed by atoms with van der Waals surface area (Å²) < 4.78 is 5.70. The monoisotopic (exact) mass is 481 g/mol. The fraction of sp³-hybridized carbons (Fsp3) is 0. The number of para-hydroxylation sites is 1. The van der Waals surface area contributed by atoms with Crippen LogP contribution in [0.25, 0.3) is 0 Å². The largest absolute Gasteiger partial charge is 0.478 e. The Hall–Kier alpha value is -3.94. The second-order valence-corrected chi connectivity index (χ2v) is 7.10. The maximum absolute atomic E-state index is 12.1. The van der Waals surface area contributed by atoms with E-state index in [0.717, 1.165) is 5.75 Å². The topological polar surface area (TPSA) is 101 Å². The van der Waals surface area contributed by atoms with Crippen LogP contribution in [0.5, 0.6) is 11.5 Å². The van der Waals surface area contributed by atoms with Gasteiger partial charge in [-0.1, -0.05) is 41.4 Å². The number of aromatic nitrogens is 2. The van der Waals surface area contributed by atoms with E-state index in [2.05, 4.69) is 15.3 Å². The summed E-state index contributed by atoms with van der Waals surface area (Å²) in [7, 11) is 0. The van der Waals surface area contributed by atoms with Gasteiger partial charge in [0.05, 0.1) is 11.1 Å². The van der Waals surface area contributed by atoms with E-state index < -0.39 is 5.97 Å². The van der Waals surface area contributed by atoms with Gasteiger partial charge >= 0.3 is 5.97 Å². The third-order valence-corrected chi connectivity index (χ3v) is 4.69. The lowest BCUT2D eigenvalue weighted by Crippen LogP contribution is -2.12. The molecular formula is C24H17Cl2N3O4. The van der Waals surface area contributed by atoms with Crippen molar-refractivity contribution in [2.75, 3.05) is 5.32 Å². The number of halogens is 2. The number of hydrogen-bond acceptors (Lipinski definition) is 5. The number of aromatic carboxylic acids is 1. The van der Waals surface area contributed by atoms with Gasteiger partial charge in [-0.3, -0.25) is 4.79 Å². The van der Waals surface area contributed by atoms with E-state index in [1.54, 1.807) is 36.4 Å². The van der Waals surface area contributed by atoms with Gasteiger partial charge in [0.2, 0.25) is 0 Å². The number of rotatable bonds is 5. The summed E-state index contributed by atoms with van der Waals surface area (Å²) in [5.41, 5.74) is 1.01. The number of carbonyl (C=O) groups is 2. The molecule has 33 heavy (non-hydrogen) atoms. The standard InChI is InChI=1S/C18H13ClN2O2.C6H4ClNO2/c19-17-16(7-4-12-20-17)18(22)21-13-8-10-15(11-9-13)23-14-5-2-1-3-6-14;7-5-4(6(9)10)2-1-3-8-5/h1-12H,(H,21,22);1-3H,(H,9,10). The summed E-state index contributed by atoms with van der Waals surface area (Å²) in [6.07, 6.45) is 2.98. The SMILES string of the molecule is O=C(Nc1ccc(Oc2ccccc2)cc1)c1cccnc1Cl.O=C(O)c1cccnc1Cl. The number of anilines is 1. The fourth-order valence-corrected chi connectivity index (χ4v) is 2.94. The molecule has 2 aromatic carbocycles. The number of nitrogens with one attached hydrogen (secondary N) is 1. The molecular weight excluding hydrogens is 465 g/mol. The van der Waals surface area contributed by atoms with Gasteiger partial charge in [-0.2, -0.15) is 0 Å². The van der Waals surface area contributed by atoms with Crippen molar-refractivity contribution in [2.24, 2.45) is 0 Å². The third kappa shape index (κ3) is 7.03. The molecule has 2 N–H and O–H groups in total. The molecule has 0 aliphatic rings. The van der Waals surface area contributed by atoms with E-state index >= 15 is 0 Å². The van der Waals surface area contributed by atoms with E-state index in [0.29, 0.717) is 17.0 Å². The Labute approximate surface area is 199 Å². The van der Waals surface area contributed by atoms with Crippen LogP contribution in [0.3, 0.4) is 0 Å². The quantitative estimate of drug-likeness (QED) is 0.328. The normalized spacial score (nSPS) is 9.88. The van der Waals surface area contributed by atoms with Crippen LogP contribution >= 0.6 is 23.2 Å². The van der Waals surface area contributed by atoms with Gasteiger partial charge in [-0.15, -0.1) is 0 Å². The van der Waals surface area contributed by atoms with E-state index in [-0.39, 0.29) is 21.8 Å². The number of pyridine rings is 2. The first-order chi connectivity index (χ1) is 15.9. The number of nitrogens with zero attached hydrogens (tertiary/aromatic N) is 2. The highest BCUT2D eigenvalue weighted by Gasteiger charge is 2.11. The molecule has 0 unspecified atom stereocenters. The van der Waals surface area contributed by atoms with Crippen LogP contribution in [-0.4, -0.2) is 27.0 Å². The Morgan fingerprint density at radius 1 is 0.727 bits per heavy atom. The Morgan fingerprint density at radius 2 is 1.27 bits per heavy atom. The molecule has 4 rings (SSSR count). The molecule has 0 fully saturated rings. The summed E-state index contributed by atoms with van der Waals surface area (Å²) in [6, 6.07) is 22.8. The molecule has 0 atom stereocenters. The zero-order valence-corrected chi connectivity index (χ0v) is 18.5. The number of ether oxygens (including phenoxy) is 1. The van der Waals surface area contributed by atoms with Gasteiger partial charge < -0.3 is 15.2 Å². The van der Waals surface area contributed by atoms with Crippen molar-refractivity contribution in [3.8, 4) is 11.5 Å². The predicted octanol–water partition coefficient (Wildman–Crippen LogP) is 6.21. The molecule has 0 aliphatic heterocycles. The molecule has 0 saturated heterocycles. The number of hydrogen-bond donors (Lipinski definition) is 2. The Bertz CT molecular complexity index is 1240. The van der Waals surface area contributed by atoms with Gasteiger partial charge in [0.25, 0.3) is 5.91 Å². The highest BCUT2D eigenvalue weighted by molar-refractivity contribution is 6.33. The van der Waals surface area contributed by atoms with Crippen molar-refractivity contribution in [3.63, 3.8) is 0 Å². The smallest absolute Gasteiger partial charge is 0.338 e. The third-order valence-electron chi connectivity index (χ3n) is 4.08. The lowest BCUT2D eigenvalue weighted by Gasteiger charge is -2.08. The van der Waals surface area contributed by atoms with E-state index in [9.17, 15) is 9.59 Å². The summed E-state index contributed by atoms with van der Waals surface area (Å²) in [4.78, 5) is 29.9. The van der Waals surface area contributed by atoms with Crippen LogP contribution < -0.4 is 10.1 Å². The minimum atomic E-state index is -1.06. The average Bonchev–Trinajstić information content (AvgIpc) is 2.82. The molecule has 0 aliphatic carbocycles. The van der Waals surface area contributed by atoms with Crippen molar-refractivity contribution in [1.82, 2.24) is 9.97 Å². The summed E-state index contributed by atoms with van der Waals surface area (Å²) in [5.74, 6) is 0.0814. The first kappa shape index (κ1) is 23.7. The molecule has 2 heterocycles. The lowest BCUT2D eigenvalue weighted by molar-refractivity contribution is 0.0696. The molecule has 166 valence electrons. The molecule has 0 bridgehead atoms. The number of carboxylic acids is 1. The minimum absolute atomic E-state index is 0.0231. The van der Waals surface area contributed by atoms with Crippen LogP contribution in [0.1, 0.15) is 20.7 Å². The van der Waals surface area contributed by atoms with Crippen molar-refractivity contribution in [3.05, 3.63) is 113 Å². The number of benzene rings is 2. The van der Waals surface area contributed by atoms with Crippen molar-refractivity contribution < 1.29 is 19.4 Å². The molecule has 2 aromatic heterocycles. The van der Waals surface area contributed by atoms with Gasteiger partial charge in [0.15, 0.2) is 0 Å². The minimum Gasteiger partial charge on any atom is -0.478 e. The highest BCUT2D eigenvalue weighted by Crippen LogP contribution is 2.23. The Balaban J connectivity index is 0.000000257. The first-order valence-electron chi connectivity index (χ1n) is 9.52. The van der Waals surface area contributed by atoms with Gasteiger partial charge in [0, 0.05) is 18.1 Å². The Morgan fingerprint density at radius 3 is 1.79 bits per heavy atom. The second-order valence-electron chi connectivity index (χ2n) is 6.38. The molecule has 0 spiro atoms. The van der Waals surface area contributed by atoms with Gasteiger partial charge in [-0.25, -0.2) is 14.8 Å². The zero-order valence-electron chi connectivity index (χ0n) is 17.0. The maximum atomic E-state index is 12.1. The summed E-state index contributed by atoms with van der Waals surface area (Å²) >= 11 is 11.3. The molecule has 4 aromatic rings. The van der Waals surface area contributed by atoms with E-state index in [1.807, 2.05) is 30.3 Å². The lowest BCUT2D eigenvalue weighted by atomic mass is 10.2. The second kappa shape index (κ2) is 11.6. The molecule has 1 amide bonds. The van der Waals surface area contributed by atoms with Crippen molar-refractivity contribution >= 4 is 40.8 Å². The molecule has 0 saturated carbocycles. The van der Waals surface area contributed by atoms with Crippen LogP contribution in [0.15, 0.2) is 91.3 Å². The number of amides is 1. The van der Waals surface area contributed by atoms with E-state index in [4.69, 9.17) is 33.0 Å². The number of carboxylic acid groups (broad SMARTS) is 1. The summed E-state index contributed by atoms with van der Waals surface area (Å²) in [6.45, 7) is 0. The molecule has 7 nitrogen and oxygen atoms in total. The highest BCUT2D eigenvalue weighted by atomic mass is 35.5. The molecule has 9 heteroatoms. The fourth-order valence-electron chi connectivity index (χ4n) is 2.53. The maximum Gasteiger partial charge on any atom is 0.338 e. The van der Waals surface area contributed by atoms with Crippen LogP contribution in [-0.2, 0) is 0 Å². The van der Waals surface area contributed by atoms with Gasteiger partial charge in [0.1, 0.15) is 21.8 Å². The first-order valence-corrected chi connectivity index (χ1v) is 10.3.